The second-order valence-corrected chi connectivity index (χ2v) is 10.1. The normalized spacial score (nSPS) is 12.7. The second-order valence-electron chi connectivity index (χ2n) is 9.71. The van der Waals surface area contributed by atoms with Gasteiger partial charge < -0.3 is 14.0 Å². The molecule has 1 unspecified atom stereocenters. The Morgan fingerprint density at radius 2 is 1.63 bits per heavy atom. The molecular formula is C28H27ClF3NO5. The summed E-state index contributed by atoms with van der Waals surface area (Å²) in [7, 11) is 1.25. The Kier molecular flexibility index (Phi) is 8.41. The van der Waals surface area contributed by atoms with Crippen molar-refractivity contribution in [1.29, 1.82) is 0 Å². The Morgan fingerprint density at radius 3 is 2.18 bits per heavy atom. The molecule has 0 aliphatic carbocycles. The van der Waals surface area contributed by atoms with Crippen molar-refractivity contribution in [3.63, 3.8) is 0 Å². The van der Waals surface area contributed by atoms with Gasteiger partial charge in [0.2, 0.25) is 0 Å². The predicted octanol–water partition coefficient (Wildman–Crippen LogP) is 6.52. The van der Waals surface area contributed by atoms with E-state index in [1.807, 2.05) is 0 Å². The molecule has 2 aromatic carbocycles. The van der Waals surface area contributed by atoms with Crippen molar-refractivity contribution in [3.8, 4) is 16.9 Å². The molecule has 202 valence electrons. The molecule has 1 heterocycles. The summed E-state index contributed by atoms with van der Waals surface area (Å²) >= 11 is 5.95. The highest BCUT2D eigenvalue weighted by atomic mass is 35.5. The van der Waals surface area contributed by atoms with E-state index in [9.17, 15) is 27.6 Å². The number of halogens is 4. The number of rotatable bonds is 7. The maximum Gasteiger partial charge on any atom is 0.417 e. The van der Waals surface area contributed by atoms with Crippen molar-refractivity contribution in [1.82, 2.24) is 4.57 Å². The van der Waals surface area contributed by atoms with Gasteiger partial charge in [-0.25, -0.2) is 4.79 Å². The van der Waals surface area contributed by atoms with Crippen LogP contribution in [0.5, 0.6) is 5.75 Å². The predicted molar refractivity (Wildman–Crippen MR) is 138 cm³/mol. The summed E-state index contributed by atoms with van der Waals surface area (Å²) in [4.78, 5) is 38.1. The lowest BCUT2D eigenvalue weighted by atomic mass is 9.98. The zero-order valence-corrected chi connectivity index (χ0v) is 22.2. The number of pyridine rings is 1. The fraction of sp³-hybridized carbons (Fsp3) is 0.321. The van der Waals surface area contributed by atoms with Gasteiger partial charge in [0.25, 0.3) is 5.56 Å². The van der Waals surface area contributed by atoms with Crippen LogP contribution in [0, 0.1) is 0 Å². The number of esters is 1. The summed E-state index contributed by atoms with van der Waals surface area (Å²) in [6.45, 7) is 6.78. The molecule has 1 atom stereocenters. The number of benzene rings is 2. The van der Waals surface area contributed by atoms with E-state index in [0.29, 0.717) is 11.1 Å². The Labute approximate surface area is 223 Å². The van der Waals surface area contributed by atoms with Gasteiger partial charge in [-0.15, -0.1) is 0 Å². The van der Waals surface area contributed by atoms with Gasteiger partial charge in [0.15, 0.2) is 5.78 Å². The fourth-order valence-corrected chi connectivity index (χ4v) is 3.96. The van der Waals surface area contributed by atoms with Crippen LogP contribution in [0.3, 0.4) is 0 Å². The lowest BCUT2D eigenvalue weighted by Crippen LogP contribution is -2.28. The Morgan fingerprint density at radius 1 is 1.00 bits per heavy atom. The molecule has 3 rings (SSSR count). The quantitative estimate of drug-likeness (QED) is 0.313. The summed E-state index contributed by atoms with van der Waals surface area (Å²) in [5.74, 6) is -0.847. The number of Topliss-reactive ketones (excluding diaryl/α,β-unsaturated/α-hetero) is 1. The molecule has 6 nitrogen and oxygen atoms in total. The van der Waals surface area contributed by atoms with Crippen LogP contribution in [0.25, 0.3) is 11.1 Å². The molecule has 0 saturated carbocycles. The number of carbonyl (C=O) groups excluding carboxylic acids is 2. The molecule has 10 heteroatoms. The summed E-state index contributed by atoms with van der Waals surface area (Å²) < 4.78 is 52.6. The van der Waals surface area contributed by atoms with Crippen LogP contribution < -0.4 is 10.3 Å². The maximum absolute atomic E-state index is 13.6. The van der Waals surface area contributed by atoms with Crippen LogP contribution in [-0.2, 0) is 22.1 Å². The zero-order chi connectivity index (χ0) is 28.4. The summed E-state index contributed by atoms with van der Waals surface area (Å²) in [5, 5.41) is 0.0560. The number of ether oxygens (including phenoxy) is 2. The molecule has 0 fully saturated rings. The third-order valence-corrected chi connectivity index (χ3v) is 5.93. The first-order valence-corrected chi connectivity index (χ1v) is 12.0. The lowest BCUT2D eigenvalue weighted by molar-refractivity contribution is -0.137. The van der Waals surface area contributed by atoms with E-state index in [4.69, 9.17) is 21.1 Å². The molecule has 0 aliphatic rings. The van der Waals surface area contributed by atoms with Crippen molar-refractivity contribution in [3.05, 3.63) is 86.8 Å². The molecule has 0 amide bonds. The van der Waals surface area contributed by atoms with Gasteiger partial charge in [-0.2, -0.15) is 13.2 Å². The summed E-state index contributed by atoms with van der Waals surface area (Å²) in [5.41, 5.74) is -1.77. The van der Waals surface area contributed by atoms with Crippen molar-refractivity contribution in [2.24, 2.45) is 0 Å². The van der Waals surface area contributed by atoms with Gasteiger partial charge in [-0.05, 0) is 69.2 Å². The molecule has 3 aromatic rings. The van der Waals surface area contributed by atoms with Gasteiger partial charge in [0, 0.05) is 23.1 Å². The lowest BCUT2D eigenvalue weighted by Gasteiger charge is -2.20. The monoisotopic (exact) mass is 549 g/mol. The second kappa shape index (κ2) is 11.0. The van der Waals surface area contributed by atoms with Gasteiger partial charge in [0.1, 0.15) is 11.4 Å². The standard InChI is InChI=1S/C28H27ClF3NO5/c1-16(23(34)12-17-6-8-18(9-7-17)26(36)38-27(2,3)4)33-15-24(37-5)21(14-25(33)35)20-13-19(29)10-11-22(20)28(30,31)32/h6-11,13-16H,12H2,1-5H3. The van der Waals surface area contributed by atoms with E-state index >= 15 is 0 Å². The maximum atomic E-state index is 13.6. The van der Waals surface area contributed by atoms with Crippen LogP contribution in [0.4, 0.5) is 13.2 Å². The van der Waals surface area contributed by atoms with Crippen molar-refractivity contribution in [2.75, 3.05) is 7.11 Å². The SMILES string of the molecule is COc1cn(C(C)C(=O)Cc2ccc(C(=O)OC(C)(C)C)cc2)c(=O)cc1-c1cc(Cl)ccc1C(F)(F)F. The van der Waals surface area contributed by atoms with E-state index in [2.05, 4.69) is 0 Å². The third kappa shape index (κ3) is 6.83. The van der Waals surface area contributed by atoms with Crippen LogP contribution in [0.1, 0.15) is 55.2 Å². The molecule has 0 aliphatic heterocycles. The van der Waals surface area contributed by atoms with Crippen LogP contribution >= 0.6 is 11.6 Å². The molecule has 38 heavy (non-hydrogen) atoms. The summed E-state index contributed by atoms with van der Waals surface area (Å²) in [6.07, 6.45) is -3.52. The van der Waals surface area contributed by atoms with Gasteiger partial charge in [-0.1, -0.05) is 23.7 Å². The van der Waals surface area contributed by atoms with Gasteiger partial charge in [-0.3, -0.25) is 9.59 Å². The minimum atomic E-state index is -4.69. The van der Waals surface area contributed by atoms with Crippen molar-refractivity contribution < 1.29 is 32.2 Å². The zero-order valence-electron chi connectivity index (χ0n) is 21.5. The van der Waals surface area contributed by atoms with Crippen LogP contribution in [-0.4, -0.2) is 29.0 Å². The van der Waals surface area contributed by atoms with Gasteiger partial charge in [0.05, 0.1) is 30.5 Å². The number of hydrogen-bond acceptors (Lipinski definition) is 5. The number of ketones is 1. The highest BCUT2D eigenvalue weighted by molar-refractivity contribution is 6.30. The van der Waals surface area contributed by atoms with E-state index in [1.165, 1.54) is 20.2 Å². The number of alkyl halides is 3. The van der Waals surface area contributed by atoms with Crippen molar-refractivity contribution in [2.45, 2.75) is 51.9 Å². The highest BCUT2D eigenvalue weighted by Gasteiger charge is 2.34. The number of methoxy groups -OCH3 is 1. The first-order valence-electron chi connectivity index (χ1n) is 11.6. The van der Waals surface area contributed by atoms with E-state index < -0.39 is 34.9 Å². The van der Waals surface area contributed by atoms with E-state index in [0.717, 1.165) is 28.8 Å². The number of hydrogen-bond donors (Lipinski definition) is 0. The topological polar surface area (TPSA) is 74.6 Å². The average Bonchev–Trinajstić information content (AvgIpc) is 2.82. The van der Waals surface area contributed by atoms with Crippen LogP contribution in [0.15, 0.2) is 59.5 Å². The smallest absolute Gasteiger partial charge is 0.417 e. The van der Waals surface area contributed by atoms with E-state index in [-0.39, 0.29) is 34.1 Å². The highest BCUT2D eigenvalue weighted by Crippen LogP contribution is 2.41. The minimum absolute atomic E-state index is 0.0290. The third-order valence-electron chi connectivity index (χ3n) is 5.69. The Balaban J connectivity index is 1.88. The van der Waals surface area contributed by atoms with Gasteiger partial charge >= 0.3 is 12.1 Å². The molecular weight excluding hydrogens is 523 g/mol. The number of aromatic nitrogens is 1. The fourth-order valence-electron chi connectivity index (χ4n) is 3.79. The summed E-state index contributed by atoms with van der Waals surface area (Å²) in [6, 6.07) is 9.45. The molecule has 0 bridgehead atoms. The average molecular weight is 550 g/mol. The van der Waals surface area contributed by atoms with E-state index in [1.54, 1.807) is 45.0 Å². The minimum Gasteiger partial charge on any atom is -0.495 e. The molecule has 0 spiro atoms. The largest absolute Gasteiger partial charge is 0.495 e. The first kappa shape index (κ1) is 29.0. The molecule has 1 aromatic heterocycles. The van der Waals surface area contributed by atoms with Crippen molar-refractivity contribution >= 4 is 23.4 Å². The number of nitrogens with zero attached hydrogens (tertiary/aromatic N) is 1. The molecule has 0 saturated heterocycles. The first-order chi connectivity index (χ1) is 17.6. The number of carbonyl (C=O) groups is 2. The Bertz CT molecular complexity index is 1410. The Hall–Kier alpha value is -3.59. The van der Waals surface area contributed by atoms with Crippen LogP contribution in [0.2, 0.25) is 5.02 Å². The molecule has 0 radical (unpaired) electrons. The molecule has 0 N–H and O–H groups in total.